The van der Waals surface area contributed by atoms with Crippen LogP contribution in [0.3, 0.4) is 0 Å². The lowest BCUT2D eigenvalue weighted by atomic mass is 9.92. The number of aromatic nitrogens is 1. The molecule has 0 saturated heterocycles. The van der Waals surface area contributed by atoms with E-state index in [4.69, 9.17) is 9.26 Å². The van der Waals surface area contributed by atoms with Crippen molar-refractivity contribution in [2.75, 3.05) is 0 Å². The third-order valence-corrected chi connectivity index (χ3v) is 7.28. The van der Waals surface area contributed by atoms with E-state index in [0.29, 0.717) is 29.9 Å². The minimum Gasteiger partial charge on any atom is -0.488 e. The summed E-state index contributed by atoms with van der Waals surface area (Å²) in [5.74, 6) is 0.0864. The molecule has 0 bridgehead atoms. The van der Waals surface area contributed by atoms with Gasteiger partial charge >= 0.3 is 12.3 Å². The molecule has 0 atom stereocenters. The molecule has 0 unspecified atom stereocenters. The molecule has 0 radical (unpaired) electrons. The van der Waals surface area contributed by atoms with Gasteiger partial charge in [-0.15, -0.1) is 13.2 Å². The van der Waals surface area contributed by atoms with Crippen molar-refractivity contribution < 1.29 is 37.1 Å². The number of rotatable bonds is 9. The Bertz CT molecular complexity index is 1540. The predicted molar refractivity (Wildman–Crippen MR) is 135 cm³/mol. The zero-order valence-corrected chi connectivity index (χ0v) is 20.7. The molecule has 39 heavy (non-hydrogen) atoms. The molecule has 0 spiro atoms. The predicted octanol–water partition coefficient (Wildman–Crippen LogP) is 7.48. The molecule has 1 N–H and O–H groups in total. The number of para-hydroxylation sites is 2. The van der Waals surface area contributed by atoms with Crippen molar-refractivity contribution in [3.63, 3.8) is 0 Å². The van der Waals surface area contributed by atoms with Gasteiger partial charge in [0.2, 0.25) is 0 Å². The van der Waals surface area contributed by atoms with E-state index in [-0.39, 0.29) is 29.5 Å². The van der Waals surface area contributed by atoms with Crippen molar-refractivity contribution in [2.45, 2.75) is 50.0 Å². The average molecular weight is 536 g/mol. The molecule has 2 aliphatic carbocycles. The van der Waals surface area contributed by atoms with Crippen LogP contribution in [0.25, 0.3) is 22.4 Å². The summed E-state index contributed by atoms with van der Waals surface area (Å²) < 4.78 is 55.4. The van der Waals surface area contributed by atoms with Crippen LogP contribution < -0.4 is 9.47 Å². The van der Waals surface area contributed by atoms with Gasteiger partial charge in [0.1, 0.15) is 29.6 Å². The smallest absolute Gasteiger partial charge is 0.488 e. The highest BCUT2D eigenvalue weighted by Gasteiger charge is 2.51. The summed E-state index contributed by atoms with van der Waals surface area (Å²) in [6.07, 6.45) is -1.86. The first kappa shape index (κ1) is 25.0. The van der Waals surface area contributed by atoms with Gasteiger partial charge in [0.15, 0.2) is 0 Å². The second-order valence-electron chi connectivity index (χ2n) is 9.95. The maximum atomic E-state index is 13.1. The van der Waals surface area contributed by atoms with Gasteiger partial charge in [0.25, 0.3) is 0 Å². The summed E-state index contributed by atoms with van der Waals surface area (Å²) in [5, 5.41) is 13.9. The van der Waals surface area contributed by atoms with Crippen LogP contribution in [0.2, 0.25) is 0 Å². The molecule has 0 aliphatic heterocycles. The highest BCUT2D eigenvalue weighted by molar-refractivity contribution is 5.86. The van der Waals surface area contributed by atoms with Crippen LogP contribution in [0.5, 0.6) is 11.5 Å². The molecule has 0 amide bonds. The van der Waals surface area contributed by atoms with Crippen molar-refractivity contribution in [3.8, 4) is 33.9 Å². The quantitative estimate of drug-likeness (QED) is 0.239. The number of carboxylic acids is 1. The average Bonchev–Trinajstić information content (AvgIpc) is 3.85. The molecule has 1 aromatic heterocycles. The van der Waals surface area contributed by atoms with Crippen molar-refractivity contribution in [2.24, 2.45) is 0 Å². The van der Waals surface area contributed by atoms with E-state index in [9.17, 15) is 23.1 Å². The van der Waals surface area contributed by atoms with Crippen LogP contribution >= 0.6 is 0 Å². The van der Waals surface area contributed by atoms with Crippen molar-refractivity contribution in [1.82, 2.24) is 5.16 Å². The van der Waals surface area contributed by atoms with Gasteiger partial charge in [-0.3, -0.25) is 4.79 Å². The van der Waals surface area contributed by atoms with Crippen LogP contribution in [-0.2, 0) is 16.8 Å². The summed E-state index contributed by atoms with van der Waals surface area (Å²) in [6.45, 7) is 0.0147. The number of hydrogen-bond donors (Lipinski definition) is 1. The molecule has 9 heteroatoms. The molecule has 200 valence electrons. The lowest BCUT2D eigenvalue weighted by Crippen LogP contribution is -2.19. The number of nitrogens with zero attached hydrogens (tertiary/aromatic N) is 1. The van der Waals surface area contributed by atoms with Crippen molar-refractivity contribution in [1.29, 1.82) is 0 Å². The highest BCUT2D eigenvalue weighted by Crippen LogP contribution is 2.50. The van der Waals surface area contributed by atoms with Crippen LogP contribution in [0.4, 0.5) is 13.2 Å². The Morgan fingerprint density at radius 3 is 2.33 bits per heavy atom. The van der Waals surface area contributed by atoms with E-state index < -0.39 is 17.7 Å². The second-order valence-corrected chi connectivity index (χ2v) is 9.95. The Hall–Kier alpha value is -4.27. The SMILES string of the molecule is O=C(O)C1(c2cccc(-c3ccccc3OCc3c(-c4ccccc4OC(F)(F)F)noc3C3CC3)c2)CC1. The van der Waals surface area contributed by atoms with E-state index in [0.717, 1.165) is 29.5 Å². The fourth-order valence-electron chi connectivity index (χ4n) is 4.93. The normalized spacial score (nSPS) is 16.1. The largest absolute Gasteiger partial charge is 0.573 e. The van der Waals surface area contributed by atoms with Gasteiger partial charge in [-0.2, -0.15) is 0 Å². The lowest BCUT2D eigenvalue weighted by Gasteiger charge is -2.16. The van der Waals surface area contributed by atoms with Crippen molar-refractivity contribution >= 4 is 5.97 Å². The van der Waals surface area contributed by atoms with Crippen LogP contribution in [0.1, 0.15) is 48.5 Å². The maximum absolute atomic E-state index is 13.1. The molecule has 2 fully saturated rings. The number of aliphatic carboxylic acids is 1. The fraction of sp³-hybridized carbons (Fsp3) is 0.267. The molecule has 2 aliphatic rings. The van der Waals surface area contributed by atoms with Crippen LogP contribution in [0.15, 0.2) is 77.3 Å². The number of carbonyl (C=O) groups is 1. The van der Waals surface area contributed by atoms with Gasteiger partial charge < -0.3 is 19.1 Å². The third kappa shape index (κ3) is 4.96. The second kappa shape index (κ2) is 9.48. The molecular formula is C30H24F3NO5. The number of hydrogen-bond acceptors (Lipinski definition) is 5. The first-order valence-corrected chi connectivity index (χ1v) is 12.6. The lowest BCUT2D eigenvalue weighted by molar-refractivity contribution is -0.274. The molecule has 6 nitrogen and oxygen atoms in total. The summed E-state index contributed by atoms with van der Waals surface area (Å²) in [5.41, 5.74) is 2.47. The van der Waals surface area contributed by atoms with Gasteiger partial charge in [-0.05, 0) is 61.1 Å². The fourth-order valence-corrected chi connectivity index (χ4v) is 4.93. The Labute approximate surface area is 222 Å². The number of alkyl halides is 3. The topological polar surface area (TPSA) is 81.8 Å². The third-order valence-electron chi connectivity index (χ3n) is 7.28. The standard InChI is InChI=1S/C30H24F3NO5/c31-30(32,33)38-25-11-4-2-9-22(25)26-23(27(39-34-26)18-12-13-18)17-37-24-10-3-1-8-21(24)19-6-5-7-20(16-19)29(14-15-29)28(35)36/h1-11,16,18H,12-15,17H2,(H,35,36). The molecule has 3 aromatic carbocycles. The molecule has 6 rings (SSSR count). The summed E-state index contributed by atoms with van der Waals surface area (Å²) in [4.78, 5) is 11.9. The first-order chi connectivity index (χ1) is 18.7. The zero-order chi connectivity index (χ0) is 27.2. The van der Waals surface area contributed by atoms with Crippen LogP contribution in [-0.4, -0.2) is 22.6 Å². The van der Waals surface area contributed by atoms with Gasteiger partial charge in [-0.1, -0.05) is 53.7 Å². The van der Waals surface area contributed by atoms with Gasteiger partial charge in [-0.25, -0.2) is 0 Å². The minimum absolute atomic E-state index is 0.0147. The molecular weight excluding hydrogens is 511 g/mol. The number of halogens is 3. The molecule has 2 saturated carbocycles. The number of ether oxygens (including phenoxy) is 2. The van der Waals surface area contributed by atoms with Gasteiger partial charge in [0.05, 0.1) is 11.0 Å². The minimum atomic E-state index is -4.86. The Balaban J connectivity index is 1.33. The monoisotopic (exact) mass is 535 g/mol. The van der Waals surface area contributed by atoms with Gasteiger partial charge in [0, 0.05) is 17.0 Å². The maximum Gasteiger partial charge on any atom is 0.573 e. The number of carboxylic acid groups (broad SMARTS) is 1. The summed E-state index contributed by atoms with van der Waals surface area (Å²) in [7, 11) is 0. The van der Waals surface area contributed by atoms with E-state index in [2.05, 4.69) is 9.89 Å². The first-order valence-electron chi connectivity index (χ1n) is 12.6. The Morgan fingerprint density at radius 2 is 1.67 bits per heavy atom. The van der Waals surface area contributed by atoms with E-state index in [1.54, 1.807) is 12.1 Å². The summed E-state index contributed by atoms with van der Waals surface area (Å²) >= 11 is 0. The highest BCUT2D eigenvalue weighted by atomic mass is 19.4. The number of benzene rings is 3. The molecule has 4 aromatic rings. The molecule has 1 heterocycles. The zero-order valence-electron chi connectivity index (χ0n) is 20.7. The van der Waals surface area contributed by atoms with Crippen LogP contribution in [0, 0.1) is 0 Å². The van der Waals surface area contributed by atoms with E-state index in [1.807, 2.05) is 42.5 Å². The summed E-state index contributed by atoms with van der Waals surface area (Å²) in [6, 6.07) is 20.7. The Morgan fingerprint density at radius 1 is 0.974 bits per heavy atom. The van der Waals surface area contributed by atoms with E-state index in [1.165, 1.54) is 18.2 Å². The Kier molecular flexibility index (Phi) is 6.09. The van der Waals surface area contributed by atoms with E-state index >= 15 is 0 Å². The van der Waals surface area contributed by atoms with Crippen molar-refractivity contribution in [3.05, 3.63) is 89.7 Å².